The Labute approximate surface area is 825 Å². The number of phenolic OH excluding ortho intramolecular Hbond substituents is 1. The fraction of sp³-hybridized carbons (Fsp3) is 0.510. The number of hydrogen-bond donors (Lipinski definition) is 24. The van der Waals surface area contributed by atoms with Crippen LogP contribution in [-0.2, 0) is 59.2 Å². The van der Waals surface area contributed by atoms with Gasteiger partial charge in [-0.05, 0) is 265 Å². The summed E-state index contributed by atoms with van der Waals surface area (Å²) < 4.78 is 0. The SMILES string of the molecule is CC(C)C[C@H](NC(=O)[C@H](CCCCN)NC(=O)[C@H](CCCCNC(=O)[C@H](CCCCN)NC(=O)[C@H](CCCCNc1c2ccccc2nc2ccccc12)NC(=O)[C@@H](N)CCCCN)NC(=O)[C@H](CCCCN)NC(=O)[C@H](CCCCNc1c2ccccc2nc2ccccc12)NC(=O)[C@@H](N)CCCCN)C(=O)N[C@@H](CCCCNC(=O)c1ccc(B(O)O)cc1)C(=O)N[C@@H](Cc1ccc(O)cc1)C(N)=O. The quantitative estimate of drug-likeness (QED) is 0.0147. The minimum Gasteiger partial charge on any atom is -0.508 e. The lowest BCUT2D eigenvalue weighted by Gasteiger charge is -2.28. The van der Waals surface area contributed by atoms with Gasteiger partial charge in [0.05, 0.1) is 45.5 Å². The van der Waals surface area contributed by atoms with Crippen molar-refractivity contribution in [3.05, 3.63) is 157 Å². The lowest BCUT2D eigenvalue weighted by Crippen LogP contribution is -2.60. The number of benzene rings is 6. The summed E-state index contributed by atoms with van der Waals surface area (Å²) in [5.41, 5.74) is 54.4. The molecule has 0 fully saturated rings. The van der Waals surface area contributed by atoms with Crippen molar-refractivity contribution in [2.75, 3.05) is 69.5 Å². The van der Waals surface area contributed by atoms with E-state index in [1.807, 2.05) is 97.1 Å². The maximum absolute atomic E-state index is 15.6. The number of unbranched alkanes of at least 4 members (excludes halogenated alkanes) is 9. The van der Waals surface area contributed by atoms with Gasteiger partial charge in [-0.2, -0.15) is 0 Å². The van der Waals surface area contributed by atoms with Crippen LogP contribution in [0.25, 0.3) is 43.6 Å². The van der Waals surface area contributed by atoms with Gasteiger partial charge in [-0.15, -0.1) is 0 Å². The van der Waals surface area contributed by atoms with E-state index in [9.17, 15) is 48.7 Å². The van der Waals surface area contributed by atoms with Gasteiger partial charge in [-0.25, -0.2) is 9.97 Å². The molecule has 0 aliphatic heterocycles. The van der Waals surface area contributed by atoms with Gasteiger partial charge in [0, 0.05) is 59.7 Å². The van der Waals surface area contributed by atoms with Crippen LogP contribution >= 0.6 is 0 Å². The van der Waals surface area contributed by atoms with E-state index in [1.54, 1.807) is 26.0 Å². The Hall–Kier alpha value is -12.6. The number of amides is 12. The summed E-state index contributed by atoms with van der Waals surface area (Å²) in [6.45, 7) is 6.08. The highest BCUT2D eigenvalue weighted by atomic mass is 16.4. The highest BCUT2D eigenvalue weighted by Gasteiger charge is 2.37. The molecule has 11 atom stereocenters. The molecule has 38 nitrogen and oxygen atoms in total. The number of pyridine rings is 2. The molecule has 39 heteroatoms. The van der Waals surface area contributed by atoms with Gasteiger partial charge in [0.15, 0.2) is 0 Å². The lowest BCUT2D eigenvalue weighted by molar-refractivity contribution is -0.136. The van der Waals surface area contributed by atoms with Crippen LogP contribution in [0.4, 0.5) is 11.4 Å². The second-order valence-corrected chi connectivity index (χ2v) is 36.5. The van der Waals surface area contributed by atoms with Crippen LogP contribution in [0.1, 0.15) is 210 Å². The van der Waals surface area contributed by atoms with E-state index in [4.69, 9.17) is 55.8 Å². The monoisotopic (exact) mass is 1950 g/mol. The number of carbonyl (C=O) groups is 12. The molecule has 0 radical (unpaired) electrons. The third-order valence-electron chi connectivity index (χ3n) is 24.8. The molecule has 8 aromatic rings. The van der Waals surface area contributed by atoms with E-state index in [-0.39, 0.29) is 145 Å². The number of nitrogens with zero attached hydrogens (tertiary/aromatic N) is 2. The van der Waals surface area contributed by atoms with Gasteiger partial charge in [-0.1, -0.05) is 124 Å². The summed E-state index contributed by atoms with van der Waals surface area (Å²) >= 11 is 0. The first-order chi connectivity index (χ1) is 68.0. The highest BCUT2D eigenvalue weighted by molar-refractivity contribution is 6.58. The molecule has 0 saturated heterocycles. The van der Waals surface area contributed by atoms with Crippen LogP contribution in [0.5, 0.6) is 5.75 Å². The number of primary amides is 1. The molecule has 0 unspecified atom stereocenters. The smallest absolute Gasteiger partial charge is 0.488 e. The van der Waals surface area contributed by atoms with Crippen molar-refractivity contribution in [1.82, 2.24) is 68.5 Å². The molecule has 32 N–H and O–H groups in total. The van der Waals surface area contributed by atoms with Crippen molar-refractivity contribution < 1.29 is 72.7 Å². The first-order valence-corrected chi connectivity index (χ1v) is 49.9. The molecule has 766 valence electrons. The minimum absolute atomic E-state index is 0.00292. The Morgan fingerprint density at radius 2 is 0.603 bits per heavy atom. The predicted molar refractivity (Wildman–Crippen MR) is 551 cm³/mol. The molecule has 0 spiro atoms. The van der Waals surface area contributed by atoms with Crippen LogP contribution in [0, 0.1) is 5.92 Å². The van der Waals surface area contributed by atoms with Crippen LogP contribution in [-0.4, -0.2) is 228 Å². The number of para-hydroxylation sites is 4. The standard InChI is InChI=1S/C102H150BN23O15/c1-65(2)63-88(102(139)124-86(100(137)125-87(91(111)128)64-66-46-52-69(127)53-47-66)45-18-27-61-114-92(129)67-48-50-68(51-49-67)103(140)141)126-101(138)84(41-15-24-58-108)122-99(136)85(123-98(135)83(40-14-23-57-107)121-97(134)82(119-94(131)75(110)34-12-21-55-105)43-17-26-60-113-90-72-31-5-9-37-78(72)117-79-38-10-6-32-73(79)90)44-19-28-62-115-95(132)80(39-13-22-56-106)120-96(133)81(118-93(130)74(109)33-11-20-54-104)42-16-25-59-112-89-70-29-3-7-35-76(70)116-77-36-8-4-30-71(77)89/h3-10,29-32,35-38,46-53,65,74-75,80-88,127,140-141H,11-28,33-34,39-45,54-64,104-110H2,1-2H3,(H2,111,128)(H,112,116)(H,113,117)(H,114,129)(H,115,132)(H,118,130)(H,119,131)(H,120,133)(H,121,134)(H,122,136)(H,123,135)(H,124,139)(H,125,137)(H,126,138)/t74-,75-,80-,81-,82-,83-,84-,85-,86-,87-,88-/m0/s1. The van der Waals surface area contributed by atoms with E-state index < -0.39 is 144 Å². The van der Waals surface area contributed by atoms with Crippen LogP contribution < -0.4 is 120 Å². The Balaban J connectivity index is 1.04. The number of hydrogen-bond acceptors (Lipinski definition) is 26. The van der Waals surface area contributed by atoms with E-state index in [2.05, 4.69) is 69.1 Å². The molecular formula is C102H150BN23O15. The van der Waals surface area contributed by atoms with Crippen molar-refractivity contribution >= 4 is 138 Å². The van der Waals surface area contributed by atoms with Gasteiger partial charge in [0.2, 0.25) is 65.0 Å². The first-order valence-electron chi connectivity index (χ1n) is 49.9. The zero-order valence-electron chi connectivity index (χ0n) is 81.5. The molecule has 2 aromatic heterocycles. The van der Waals surface area contributed by atoms with Crippen LogP contribution in [0.2, 0.25) is 0 Å². The summed E-state index contributed by atoms with van der Waals surface area (Å²) in [6, 6.07) is 28.9. The van der Waals surface area contributed by atoms with Crippen molar-refractivity contribution in [2.45, 2.75) is 267 Å². The number of rotatable bonds is 68. The molecule has 0 aliphatic rings. The summed E-state index contributed by atoms with van der Waals surface area (Å²) in [7, 11) is -1.75. The number of nitrogens with one attached hydrogen (secondary N) is 13. The zero-order valence-corrected chi connectivity index (χ0v) is 81.5. The third-order valence-corrected chi connectivity index (χ3v) is 24.8. The fourth-order valence-electron chi connectivity index (χ4n) is 16.7. The number of carbonyl (C=O) groups excluding carboxylic acids is 12. The Kier molecular flexibility index (Phi) is 49.9. The molecule has 141 heavy (non-hydrogen) atoms. The number of fused-ring (bicyclic) bond motifs is 4. The molecule has 12 amide bonds. The Morgan fingerprint density at radius 3 is 0.929 bits per heavy atom. The molecular weight excluding hydrogens is 1800 g/mol. The molecule has 8 rings (SSSR count). The second kappa shape index (κ2) is 61.9. The summed E-state index contributed by atoms with van der Waals surface area (Å²) in [4.78, 5) is 184. The molecule has 0 bridgehead atoms. The van der Waals surface area contributed by atoms with Gasteiger partial charge < -0.3 is 130 Å². The normalized spacial score (nSPS) is 13.7. The molecule has 6 aromatic carbocycles. The van der Waals surface area contributed by atoms with E-state index in [0.29, 0.717) is 128 Å². The zero-order chi connectivity index (χ0) is 102. The van der Waals surface area contributed by atoms with Gasteiger partial charge >= 0.3 is 7.12 Å². The van der Waals surface area contributed by atoms with Gasteiger partial charge in [-0.3, -0.25) is 57.5 Å². The van der Waals surface area contributed by atoms with E-state index in [0.717, 1.165) is 55.0 Å². The lowest BCUT2D eigenvalue weighted by atomic mass is 9.80. The maximum atomic E-state index is 15.6. The number of nitrogens with two attached hydrogens (primary N) is 8. The van der Waals surface area contributed by atoms with Crippen molar-refractivity contribution in [3.63, 3.8) is 0 Å². The third kappa shape index (κ3) is 38.4. The highest BCUT2D eigenvalue weighted by Crippen LogP contribution is 2.33. The summed E-state index contributed by atoms with van der Waals surface area (Å²) in [5, 5.41) is 71.4. The summed E-state index contributed by atoms with van der Waals surface area (Å²) in [5.74, 6) is -8.96. The number of aromatic nitrogens is 2. The number of anilines is 2. The molecule has 0 saturated carbocycles. The number of phenols is 1. The van der Waals surface area contributed by atoms with Gasteiger partial charge in [0.25, 0.3) is 5.91 Å². The Bertz CT molecular complexity index is 5210. The minimum atomic E-state index is -1.75. The Morgan fingerprint density at radius 1 is 0.319 bits per heavy atom. The van der Waals surface area contributed by atoms with Crippen LogP contribution in [0.3, 0.4) is 0 Å². The summed E-state index contributed by atoms with van der Waals surface area (Å²) in [6.07, 6.45) is 7.93. The van der Waals surface area contributed by atoms with E-state index in [1.165, 1.54) is 36.4 Å². The maximum Gasteiger partial charge on any atom is 0.488 e. The van der Waals surface area contributed by atoms with Crippen molar-refractivity contribution in [3.8, 4) is 5.75 Å². The van der Waals surface area contributed by atoms with E-state index >= 15 is 24.0 Å². The average molecular weight is 1950 g/mol. The first kappa shape index (κ1) is 114. The fourth-order valence-corrected chi connectivity index (χ4v) is 16.7. The average Bonchev–Trinajstić information content (AvgIpc) is 0.780. The predicted octanol–water partition coefficient (Wildman–Crippen LogP) is 3.66. The van der Waals surface area contributed by atoms with Crippen molar-refractivity contribution in [2.24, 2.45) is 51.8 Å². The van der Waals surface area contributed by atoms with Crippen molar-refractivity contribution in [1.29, 1.82) is 0 Å². The number of aromatic hydroxyl groups is 1. The molecule has 0 aliphatic carbocycles. The van der Waals surface area contributed by atoms with Gasteiger partial charge in [0.1, 0.15) is 60.1 Å². The van der Waals surface area contributed by atoms with Crippen LogP contribution in [0.15, 0.2) is 146 Å². The largest absolute Gasteiger partial charge is 0.508 e. The second-order valence-electron chi connectivity index (χ2n) is 36.5. The molecule has 2 heterocycles. The topological polar surface area (TPSA) is 656 Å².